The highest BCUT2D eigenvalue weighted by molar-refractivity contribution is 9.10. The molecule has 0 unspecified atom stereocenters. The van der Waals surface area contributed by atoms with E-state index in [9.17, 15) is 13.2 Å². The molecule has 100 valence electrons. The van der Waals surface area contributed by atoms with Crippen molar-refractivity contribution in [2.75, 3.05) is 13.2 Å². The van der Waals surface area contributed by atoms with Crippen LogP contribution >= 0.6 is 15.9 Å². The van der Waals surface area contributed by atoms with E-state index in [-0.39, 0.29) is 11.9 Å². The molecule has 1 aromatic carbocycles. The molecular formula is C12H12BrF3O2. The van der Waals surface area contributed by atoms with Gasteiger partial charge in [0.1, 0.15) is 11.9 Å². The fourth-order valence-corrected chi connectivity index (χ4v) is 2.08. The third-order valence-corrected chi connectivity index (χ3v) is 3.38. The highest BCUT2D eigenvalue weighted by Crippen LogP contribution is 2.35. The van der Waals surface area contributed by atoms with Crippen LogP contribution in [0.1, 0.15) is 18.4 Å². The maximum absolute atomic E-state index is 12.6. The Morgan fingerprint density at radius 3 is 2.50 bits per heavy atom. The zero-order chi connectivity index (χ0) is 13.2. The summed E-state index contributed by atoms with van der Waals surface area (Å²) in [6, 6.07) is 3.41. The highest BCUT2D eigenvalue weighted by atomic mass is 79.9. The van der Waals surface area contributed by atoms with Crippen LogP contribution in [0.15, 0.2) is 22.7 Å². The van der Waals surface area contributed by atoms with E-state index >= 15 is 0 Å². The lowest BCUT2D eigenvalue weighted by molar-refractivity contribution is -0.137. The standard InChI is InChI=1S/C12H12BrF3O2/c13-10-2-1-8(12(14,15)16)7-11(10)18-9-3-5-17-6-4-9/h1-2,7,9H,3-6H2. The molecule has 1 aromatic rings. The van der Waals surface area contributed by atoms with Gasteiger partial charge in [0.2, 0.25) is 0 Å². The Hall–Kier alpha value is -0.750. The number of ether oxygens (including phenoxy) is 2. The van der Waals surface area contributed by atoms with Gasteiger partial charge in [-0.1, -0.05) is 0 Å². The Morgan fingerprint density at radius 2 is 1.89 bits per heavy atom. The molecule has 0 aromatic heterocycles. The number of alkyl halides is 3. The predicted octanol–water partition coefficient (Wildman–Crippen LogP) is 4.03. The highest BCUT2D eigenvalue weighted by Gasteiger charge is 2.31. The van der Waals surface area contributed by atoms with E-state index in [0.29, 0.717) is 30.5 Å². The zero-order valence-electron chi connectivity index (χ0n) is 9.47. The fourth-order valence-electron chi connectivity index (χ4n) is 1.74. The van der Waals surface area contributed by atoms with E-state index in [4.69, 9.17) is 9.47 Å². The summed E-state index contributed by atoms with van der Waals surface area (Å²) in [5, 5.41) is 0. The summed E-state index contributed by atoms with van der Waals surface area (Å²) in [5.41, 5.74) is -0.701. The smallest absolute Gasteiger partial charge is 0.416 e. The molecule has 0 N–H and O–H groups in total. The molecule has 1 aliphatic rings. The third kappa shape index (κ3) is 3.38. The average Bonchev–Trinajstić information content (AvgIpc) is 2.32. The van der Waals surface area contributed by atoms with Gasteiger partial charge in [-0.15, -0.1) is 0 Å². The summed E-state index contributed by atoms with van der Waals surface area (Å²) in [7, 11) is 0. The van der Waals surface area contributed by atoms with Crippen molar-refractivity contribution < 1.29 is 22.6 Å². The summed E-state index contributed by atoms with van der Waals surface area (Å²) in [6.07, 6.45) is -3.04. The molecule has 0 amide bonds. The lowest BCUT2D eigenvalue weighted by atomic mass is 10.1. The quantitative estimate of drug-likeness (QED) is 0.817. The first-order valence-electron chi connectivity index (χ1n) is 5.58. The SMILES string of the molecule is FC(F)(F)c1ccc(Br)c(OC2CCOCC2)c1. The summed E-state index contributed by atoms with van der Waals surface area (Å²) in [6.45, 7) is 1.17. The molecule has 0 saturated carbocycles. The largest absolute Gasteiger partial charge is 0.489 e. The van der Waals surface area contributed by atoms with Crippen LogP contribution in [-0.4, -0.2) is 19.3 Å². The summed E-state index contributed by atoms with van der Waals surface area (Å²) in [5.74, 6) is 0.233. The maximum atomic E-state index is 12.6. The van der Waals surface area contributed by atoms with Crippen LogP contribution in [0.4, 0.5) is 13.2 Å². The van der Waals surface area contributed by atoms with E-state index in [1.807, 2.05) is 0 Å². The molecule has 2 rings (SSSR count). The van der Waals surface area contributed by atoms with Gasteiger partial charge in [-0.2, -0.15) is 13.2 Å². The molecule has 18 heavy (non-hydrogen) atoms. The normalized spacial score (nSPS) is 17.8. The van der Waals surface area contributed by atoms with E-state index in [2.05, 4.69) is 15.9 Å². The Morgan fingerprint density at radius 1 is 1.22 bits per heavy atom. The number of halogens is 4. The van der Waals surface area contributed by atoms with Crippen LogP contribution in [0.25, 0.3) is 0 Å². The Kier molecular flexibility index (Phi) is 4.17. The molecule has 0 spiro atoms. The second-order valence-corrected chi connectivity index (χ2v) is 4.93. The molecule has 0 bridgehead atoms. The van der Waals surface area contributed by atoms with Crippen molar-refractivity contribution in [1.29, 1.82) is 0 Å². The van der Waals surface area contributed by atoms with Crippen LogP contribution in [0.5, 0.6) is 5.75 Å². The molecule has 6 heteroatoms. The Balaban J connectivity index is 2.15. The van der Waals surface area contributed by atoms with Crippen LogP contribution in [0.2, 0.25) is 0 Å². The van der Waals surface area contributed by atoms with Crippen molar-refractivity contribution in [3.63, 3.8) is 0 Å². The van der Waals surface area contributed by atoms with Gasteiger partial charge in [-0.3, -0.25) is 0 Å². The first-order valence-corrected chi connectivity index (χ1v) is 6.37. The van der Waals surface area contributed by atoms with E-state index < -0.39 is 11.7 Å². The number of rotatable bonds is 2. The fraction of sp³-hybridized carbons (Fsp3) is 0.500. The molecule has 0 atom stereocenters. The van der Waals surface area contributed by atoms with Gasteiger partial charge in [0.15, 0.2) is 0 Å². The van der Waals surface area contributed by atoms with Gasteiger partial charge in [0.05, 0.1) is 23.2 Å². The lowest BCUT2D eigenvalue weighted by Crippen LogP contribution is -2.26. The third-order valence-electron chi connectivity index (χ3n) is 2.72. The van der Waals surface area contributed by atoms with Crippen LogP contribution in [-0.2, 0) is 10.9 Å². The number of hydrogen-bond acceptors (Lipinski definition) is 2. The van der Waals surface area contributed by atoms with Crippen molar-refractivity contribution in [3.8, 4) is 5.75 Å². The Bertz CT molecular complexity index is 414. The maximum Gasteiger partial charge on any atom is 0.416 e. The number of benzene rings is 1. The molecule has 2 nitrogen and oxygen atoms in total. The van der Waals surface area contributed by atoms with Crippen molar-refractivity contribution >= 4 is 15.9 Å². The minimum Gasteiger partial charge on any atom is -0.489 e. The van der Waals surface area contributed by atoms with Crippen LogP contribution < -0.4 is 4.74 Å². The molecule has 0 aliphatic carbocycles. The molecule has 1 aliphatic heterocycles. The van der Waals surface area contributed by atoms with Gasteiger partial charge < -0.3 is 9.47 Å². The Labute approximate surface area is 111 Å². The molecular weight excluding hydrogens is 313 g/mol. The second-order valence-electron chi connectivity index (χ2n) is 4.07. The van der Waals surface area contributed by atoms with Gasteiger partial charge in [0, 0.05) is 12.8 Å². The number of hydrogen-bond donors (Lipinski definition) is 0. The van der Waals surface area contributed by atoms with E-state index in [1.165, 1.54) is 6.07 Å². The van der Waals surface area contributed by atoms with Gasteiger partial charge in [0.25, 0.3) is 0 Å². The monoisotopic (exact) mass is 324 g/mol. The molecule has 1 saturated heterocycles. The lowest BCUT2D eigenvalue weighted by Gasteiger charge is -2.24. The van der Waals surface area contributed by atoms with Crippen molar-refractivity contribution in [2.24, 2.45) is 0 Å². The van der Waals surface area contributed by atoms with Crippen molar-refractivity contribution in [3.05, 3.63) is 28.2 Å². The van der Waals surface area contributed by atoms with Gasteiger partial charge in [-0.25, -0.2) is 0 Å². The van der Waals surface area contributed by atoms with Gasteiger partial charge >= 0.3 is 6.18 Å². The molecule has 0 radical (unpaired) electrons. The van der Waals surface area contributed by atoms with E-state index in [1.54, 1.807) is 0 Å². The first-order chi connectivity index (χ1) is 8.47. The van der Waals surface area contributed by atoms with Crippen LogP contribution in [0, 0.1) is 0 Å². The minimum absolute atomic E-state index is 0.0847. The summed E-state index contributed by atoms with van der Waals surface area (Å²) in [4.78, 5) is 0. The zero-order valence-corrected chi connectivity index (χ0v) is 11.1. The van der Waals surface area contributed by atoms with E-state index in [0.717, 1.165) is 12.1 Å². The van der Waals surface area contributed by atoms with Crippen molar-refractivity contribution in [1.82, 2.24) is 0 Å². The predicted molar refractivity (Wildman–Crippen MR) is 63.6 cm³/mol. The molecule has 1 fully saturated rings. The summed E-state index contributed by atoms with van der Waals surface area (Å²) < 4.78 is 49.1. The summed E-state index contributed by atoms with van der Waals surface area (Å²) >= 11 is 3.20. The van der Waals surface area contributed by atoms with Crippen molar-refractivity contribution in [2.45, 2.75) is 25.1 Å². The average molecular weight is 325 g/mol. The second kappa shape index (κ2) is 5.48. The molecule has 1 heterocycles. The first kappa shape index (κ1) is 13.7. The van der Waals surface area contributed by atoms with Gasteiger partial charge in [-0.05, 0) is 34.1 Å². The minimum atomic E-state index is -4.35. The topological polar surface area (TPSA) is 18.5 Å². The van der Waals surface area contributed by atoms with Crippen LogP contribution in [0.3, 0.4) is 0 Å².